The van der Waals surface area contributed by atoms with Crippen LogP contribution < -0.4 is 5.32 Å². The third kappa shape index (κ3) is 6.11. The highest BCUT2D eigenvalue weighted by Crippen LogP contribution is 2.16. The van der Waals surface area contributed by atoms with Crippen LogP contribution in [-0.4, -0.2) is 24.7 Å². The fourth-order valence-electron chi connectivity index (χ4n) is 2.19. The lowest BCUT2D eigenvalue weighted by atomic mass is 9.97. The zero-order valence-electron chi connectivity index (χ0n) is 10.6. The summed E-state index contributed by atoms with van der Waals surface area (Å²) in [7, 11) is 0. The molecule has 0 saturated heterocycles. The maximum absolute atomic E-state index is 11.4. The first kappa shape index (κ1) is 13.5. The van der Waals surface area contributed by atoms with Gasteiger partial charge < -0.3 is 10.1 Å². The Kier molecular flexibility index (Phi) is 6.46. The Bertz CT molecular complexity index is 196. The molecule has 0 amide bonds. The van der Waals surface area contributed by atoms with Crippen LogP contribution in [0.4, 0.5) is 0 Å². The number of ether oxygens (including phenoxy) is 1. The highest BCUT2D eigenvalue weighted by atomic mass is 16.5. The van der Waals surface area contributed by atoms with Crippen molar-refractivity contribution in [1.82, 2.24) is 5.32 Å². The molecule has 0 atom stereocenters. The summed E-state index contributed by atoms with van der Waals surface area (Å²) in [5.41, 5.74) is 0. The molecule has 0 spiro atoms. The minimum atomic E-state index is -0.128. The van der Waals surface area contributed by atoms with Crippen LogP contribution in [0.25, 0.3) is 0 Å². The average Bonchev–Trinajstić information content (AvgIpc) is 2.14. The van der Waals surface area contributed by atoms with Gasteiger partial charge in [0.1, 0.15) is 0 Å². The molecule has 1 rings (SSSR count). The van der Waals surface area contributed by atoms with Gasteiger partial charge in [0.2, 0.25) is 0 Å². The molecule has 0 aromatic rings. The summed E-state index contributed by atoms with van der Waals surface area (Å²) in [6.07, 6.45) is 9.04. The lowest BCUT2D eigenvalue weighted by molar-refractivity contribution is -0.146. The summed E-state index contributed by atoms with van der Waals surface area (Å²) in [4.78, 5) is 11.4. The highest BCUT2D eigenvalue weighted by molar-refractivity contribution is 5.71. The van der Waals surface area contributed by atoms with E-state index in [1.807, 2.05) is 13.8 Å². The van der Waals surface area contributed by atoms with Crippen LogP contribution in [0, 0.1) is 0 Å². The zero-order valence-corrected chi connectivity index (χ0v) is 10.6. The van der Waals surface area contributed by atoms with E-state index < -0.39 is 0 Å². The van der Waals surface area contributed by atoms with Crippen LogP contribution in [0.2, 0.25) is 0 Å². The summed E-state index contributed by atoms with van der Waals surface area (Å²) >= 11 is 0. The molecule has 1 aliphatic rings. The van der Waals surface area contributed by atoms with Gasteiger partial charge in [0.15, 0.2) is 0 Å². The predicted octanol–water partition coefficient (Wildman–Crippen LogP) is 2.64. The molecule has 0 heterocycles. The molecule has 0 radical (unpaired) electrons. The molecular formula is C13H25NO2. The molecule has 3 heteroatoms. The van der Waals surface area contributed by atoms with E-state index >= 15 is 0 Å². The van der Waals surface area contributed by atoms with Crippen molar-refractivity contribution in [2.75, 3.05) is 6.54 Å². The molecule has 1 fully saturated rings. The number of esters is 1. The Morgan fingerprint density at radius 2 is 1.75 bits per heavy atom. The summed E-state index contributed by atoms with van der Waals surface area (Å²) in [6, 6.07) is 0.514. The molecule has 0 bridgehead atoms. The molecule has 94 valence electrons. The second kappa shape index (κ2) is 7.66. The fourth-order valence-corrected chi connectivity index (χ4v) is 2.19. The van der Waals surface area contributed by atoms with E-state index in [4.69, 9.17) is 4.74 Å². The molecule has 0 unspecified atom stereocenters. The molecular weight excluding hydrogens is 202 g/mol. The monoisotopic (exact) mass is 227 g/mol. The van der Waals surface area contributed by atoms with Crippen molar-refractivity contribution in [3.8, 4) is 0 Å². The Labute approximate surface area is 98.9 Å². The Morgan fingerprint density at radius 1 is 1.19 bits per heavy atom. The van der Waals surface area contributed by atoms with Gasteiger partial charge >= 0.3 is 5.97 Å². The lowest BCUT2D eigenvalue weighted by Gasteiger charge is -2.20. The maximum Gasteiger partial charge on any atom is 0.320 e. The molecule has 1 N–H and O–H groups in total. The van der Waals surface area contributed by atoms with Gasteiger partial charge in [-0.05, 0) is 26.7 Å². The number of rotatable bonds is 4. The van der Waals surface area contributed by atoms with Crippen molar-refractivity contribution in [3.05, 3.63) is 0 Å². The predicted molar refractivity (Wildman–Crippen MR) is 65.3 cm³/mol. The van der Waals surface area contributed by atoms with Gasteiger partial charge in [-0.2, -0.15) is 0 Å². The van der Waals surface area contributed by atoms with Crippen molar-refractivity contribution in [2.45, 2.75) is 70.9 Å². The van der Waals surface area contributed by atoms with Crippen LogP contribution >= 0.6 is 0 Å². The Hall–Kier alpha value is -0.570. The normalized spacial score (nSPS) is 19.2. The second-order valence-corrected chi connectivity index (χ2v) is 4.96. The van der Waals surface area contributed by atoms with Crippen molar-refractivity contribution in [1.29, 1.82) is 0 Å². The van der Waals surface area contributed by atoms with Gasteiger partial charge in [0.25, 0.3) is 0 Å². The number of nitrogens with one attached hydrogen (secondary N) is 1. The first-order chi connectivity index (χ1) is 7.68. The van der Waals surface area contributed by atoms with Gasteiger partial charge in [-0.15, -0.1) is 0 Å². The molecule has 0 aliphatic heterocycles. The van der Waals surface area contributed by atoms with E-state index in [2.05, 4.69) is 5.32 Å². The zero-order chi connectivity index (χ0) is 11.8. The Balaban J connectivity index is 2.16. The van der Waals surface area contributed by atoms with Crippen LogP contribution in [0.1, 0.15) is 58.8 Å². The number of carbonyl (C=O) groups excluding carboxylic acids is 1. The molecule has 0 aromatic heterocycles. The third-order valence-electron chi connectivity index (χ3n) is 3.01. The maximum atomic E-state index is 11.4. The quantitative estimate of drug-likeness (QED) is 0.750. The average molecular weight is 227 g/mol. The second-order valence-electron chi connectivity index (χ2n) is 4.96. The molecule has 3 nitrogen and oxygen atoms in total. The number of carbonyl (C=O) groups is 1. The summed E-state index contributed by atoms with van der Waals surface area (Å²) < 4.78 is 5.10. The van der Waals surface area contributed by atoms with E-state index in [-0.39, 0.29) is 12.1 Å². The summed E-state index contributed by atoms with van der Waals surface area (Å²) in [6.45, 7) is 4.13. The minimum absolute atomic E-state index is 0.00775. The van der Waals surface area contributed by atoms with Crippen LogP contribution in [0.5, 0.6) is 0 Å². The smallest absolute Gasteiger partial charge is 0.320 e. The van der Waals surface area contributed by atoms with E-state index in [0.29, 0.717) is 12.6 Å². The van der Waals surface area contributed by atoms with Gasteiger partial charge in [0.05, 0.1) is 12.6 Å². The van der Waals surface area contributed by atoms with Crippen molar-refractivity contribution < 1.29 is 9.53 Å². The molecule has 1 saturated carbocycles. The third-order valence-corrected chi connectivity index (χ3v) is 3.01. The van der Waals surface area contributed by atoms with E-state index in [9.17, 15) is 4.79 Å². The van der Waals surface area contributed by atoms with Gasteiger partial charge in [-0.25, -0.2) is 0 Å². The summed E-state index contributed by atoms with van der Waals surface area (Å²) in [5.74, 6) is -0.128. The molecule has 1 aliphatic carbocycles. The topological polar surface area (TPSA) is 38.3 Å². The van der Waals surface area contributed by atoms with E-state index in [1.54, 1.807) is 0 Å². The summed E-state index contributed by atoms with van der Waals surface area (Å²) in [5, 5.41) is 3.32. The lowest BCUT2D eigenvalue weighted by Crippen LogP contribution is -2.35. The highest BCUT2D eigenvalue weighted by Gasteiger charge is 2.13. The van der Waals surface area contributed by atoms with Gasteiger partial charge in [-0.1, -0.05) is 32.1 Å². The first-order valence-electron chi connectivity index (χ1n) is 6.61. The Morgan fingerprint density at radius 3 is 2.31 bits per heavy atom. The van der Waals surface area contributed by atoms with Gasteiger partial charge in [-0.3, -0.25) is 4.79 Å². The molecule has 0 aromatic carbocycles. The van der Waals surface area contributed by atoms with Crippen LogP contribution in [-0.2, 0) is 9.53 Å². The standard InChI is InChI=1S/C13H25NO2/c1-11(2)16-13(15)10-14-12-8-6-4-3-5-7-9-12/h11-12,14H,3-10H2,1-2H3. The van der Waals surface area contributed by atoms with Gasteiger partial charge in [0, 0.05) is 6.04 Å². The van der Waals surface area contributed by atoms with Crippen molar-refractivity contribution >= 4 is 5.97 Å². The minimum Gasteiger partial charge on any atom is -0.462 e. The number of hydrogen-bond donors (Lipinski definition) is 1. The fraction of sp³-hybridized carbons (Fsp3) is 0.923. The van der Waals surface area contributed by atoms with E-state index in [0.717, 1.165) is 0 Å². The van der Waals surface area contributed by atoms with Crippen LogP contribution in [0.15, 0.2) is 0 Å². The van der Waals surface area contributed by atoms with E-state index in [1.165, 1.54) is 44.9 Å². The van der Waals surface area contributed by atoms with Crippen LogP contribution in [0.3, 0.4) is 0 Å². The SMILES string of the molecule is CC(C)OC(=O)CNC1CCCCCCC1. The largest absolute Gasteiger partial charge is 0.462 e. The first-order valence-corrected chi connectivity index (χ1v) is 6.61. The molecule has 16 heavy (non-hydrogen) atoms. The number of hydrogen-bond acceptors (Lipinski definition) is 3. The van der Waals surface area contributed by atoms with Crippen molar-refractivity contribution in [3.63, 3.8) is 0 Å². The van der Waals surface area contributed by atoms with Crippen molar-refractivity contribution in [2.24, 2.45) is 0 Å².